The van der Waals surface area contributed by atoms with E-state index >= 15 is 0 Å². The van der Waals surface area contributed by atoms with E-state index in [-0.39, 0.29) is 23.9 Å². The van der Waals surface area contributed by atoms with E-state index in [0.717, 1.165) is 35.5 Å². The van der Waals surface area contributed by atoms with E-state index in [0.29, 0.717) is 12.0 Å². The summed E-state index contributed by atoms with van der Waals surface area (Å²) in [6.45, 7) is 4.62. The van der Waals surface area contributed by atoms with Crippen LogP contribution in [0.25, 0.3) is 6.08 Å². The number of rotatable bonds is 5. The first-order chi connectivity index (χ1) is 12.9. The zero-order chi connectivity index (χ0) is 19.4. The summed E-state index contributed by atoms with van der Waals surface area (Å²) in [6, 6.07) is 9.40. The van der Waals surface area contributed by atoms with E-state index in [4.69, 9.17) is 0 Å². The van der Waals surface area contributed by atoms with Crippen molar-refractivity contribution in [2.45, 2.75) is 33.2 Å². The molecule has 1 aliphatic rings. The Kier molecular flexibility index (Phi) is 5.54. The number of aromatic nitrogens is 1. The summed E-state index contributed by atoms with van der Waals surface area (Å²) in [4.78, 5) is 40.3. The average molecular weight is 365 g/mol. The zero-order valence-electron chi connectivity index (χ0n) is 15.5. The van der Waals surface area contributed by atoms with Gasteiger partial charge in [0.05, 0.1) is 0 Å². The van der Waals surface area contributed by atoms with Gasteiger partial charge in [0.1, 0.15) is 0 Å². The molecule has 0 unspecified atom stereocenters. The first kappa shape index (κ1) is 18.6. The Bertz CT molecular complexity index is 942. The number of H-pyrrole nitrogens is 1. The Morgan fingerprint density at radius 3 is 2.59 bits per heavy atom. The maximum absolute atomic E-state index is 12.0. The van der Waals surface area contributed by atoms with Gasteiger partial charge in [0.25, 0.3) is 5.56 Å². The number of pyridine rings is 1. The summed E-state index contributed by atoms with van der Waals surface area (Å²) < 4.78 is 0. The molecule has 3 rings (SSSR count). The highest BCUT2D eigenvalue weighted by Gasteiger charge is 2.21. The standard InChI is InChI=1S/C21H23N3O3/c1-14-12-15(2)23-21(27)18(14)13-22-19(25)10-7-16-5-8-17(9-6-16)24-11-3-4-20(24)26/h5-10,12H,3-4,11,13H2,1-2H3,(H,22,25)(H,23,27)/b10-7+. The second-order valence-electron chi connectivity index (χ2n) is 6.73. The van der Waals surface area contributed by atoms with Crippen LogP contribution in [0.1, 0.15) is 35.2 Å². The van der Waals surface area contributed by atoms with Gasteiger partial charge < -0.3 is 15.2 Å². The number of hydrogen-bond acceptors (Lipinski definition) is 3. The van der Waals surface area contributed by atoms with E-state index in [2.05, 4.69) is 10.3 Å². The topological polar surface area (TPSA) is 82.3 Å². The van der Waals surface area contributed by atoms with Gasteiger partial charge in [-0.25, -0.2) is 0 Å². The van der Waals surface area contributed by atoms with Crippen molar-refractivity contribution in [2.24, 2.45) is 0 Å². The largest absolute Gasteiger partial charge is 0.348 e. The van der Waals surface area contributed by atoms with Crippen LogP contribution in [-0.2, 0) is 16.1 Å². The molecule has 27 heavy (non-hydrogen) atoms. The van der Waals surface area contributed by atoms with Crippen molar-refractivity contribution in [2.75, 3.05) is 11.4 Å². The number of carbonyl (C=O) groups is 2. The monoisotopic (exact) mass is 365 g/mol. The van der Waals surface area contributed by atoms with Gasteiger partial charge in [-0.05, 0) is 55.7 Å². The molecule has 2 N–H and O–H groups in total. The SMILES string of the molecule is Cc1cc(C)c(CNC(=O)/C=C/c2ccc(N3CCCC3=O)cc2)c(=O)[nH]1. The van der Waals surface area contributed by atoms with Crippen molar-refractivity contribution in [3.05, 3.63) is 69.1 Å². The molecule has 1 aliphatic heterocycles. The molecule has 0 aliphatic carbocycles. The lowest BCUT2D eigenvalue weighted by Gasteiger charge is -2.15. The van der Waals surface area contributed by atoms with Gasteiger partial charge in [-0.2, -0.15) is 0 Å². The lowest BCUT2D eigenvalue weighted by atomic mass is 10.1. The molecule has 2 amide bonds. The van der Waals surface area contributed by atoms with Crippen LogP contribution in [0.15, 0.2) is 41.2 Å². The summed E-state index contributed by atoms with van der Waals surface area (Å²) in [5, 5.41) is 2.73. The predicted octanol–water partition coefficient (Wildman–Crippen LogP) is 2.45. The van der Waals surface area contributed by atoms with Crippen molar-refractivity contribution in [3.63, 3.8) is 0 Å². The summed E-state index contributed by atoms with van der Waals surface area (Å²) in [6.07, 6.45) is 4.64. The van der Waals surface area contributed by atoms with E-state index < -0.39 is 0 Å². The molecule has 2 heterocycles. The molecule has 0 spiro atoms. The van der Waals surface area contributed by atoms with Crippen LogP contribution >= 0.6 is 0 Å². The predicted molar refractivity (Wildman–Crippen MR) is 105 cm³/mol. The quantitative estimate of drug-likeness (QED) is 0.799. The van der Waals surface area contributed by atoms with Crippen LogP contribution in [-0.4, -0.2) is 23.3 Å². The second kappa shape index (κ2) is 8.03. The van der Waals surface area contributed by atoms with Gasteiger partial charge >= 0.3 is 0 Å². The third kappa shape index (κ3) is 4.53. The molecular formula is C21H23N3O3. The third-order valence-electron chi connectivity index (χ3n) is 4.64. The van der Waals surface area contributed by atoms with E-state index in [1.54, 1.807) is 11.0 Å². The maximum Gasteiger partial charge on any atom is 0.253 e. The van der Waals surface area contributed by atoms with Crippen molar-refractivity contribution in [1.82, 2.24) is 10.3 Å². The minimum atomic E-state index is -0.270. The van der Waals surface area contributed by atoms with Crippen LogP contribution in [0.4, 0.5) is 5.69 Å². The number of benzene rings is 1. The fraction of sp³-hybridized carbons (Fsp3) is 0.286. The van der Waals surface area contributed by atoms with Gasteiger partial charge in [-0.3, -0.25) is 14.4 Å². The summed E-state index contributed by atoms with van der Waals surface area (Å²) in [7, 11) is 0. The molecule has 1 saturated heterocycles. The van der Waals surface area contributed by atoms with Crippen molar-refractivity contribution >= 4 is 23.6 Å². The van der Waals surface area contributed by atoms with Crippen molar-refractivity contribution < 1.29 is 9.59 Å². The number of nitrogens with zero attached hydrogens (tertiary/aromatic N) is 1. The molecule has 1 aromatic heterocycles. The molecule has 6 heteroatoms. The number of amides is 2. The van der Waals surface area contributed by atoms with E-state index in [1.165, 1.54) is 6.08 Å². The Morgan fingerprint density at radius 2 is 1.96 bits per heavy atom. The number of carbonyl (C=O) groups excluding carboxylic acids is 2. The van der Waals surface area contributed by atoms with Gasteiger partial charge in [0.15, 0.2) is 0 Å². The normalized spacial score (nSPS) is 14.1. The Morgan fingerprint density at radius 1 is 1.22 bits per heavy atom. The molecule has 0 atom stereocenters. The molecule has 140 valence electrons. The zero-order valence-corrected chi connectivity index (χ0v) is 15.5. The summed E-state index contributed by atoms with van der Waals surface area (Å²) >= 11 is 0. The Balaban J connectivity index is 1.58. The number of aromatic amines is 1. The van der Waals surface area contributed by atoms with E-state index in [1.807, 2.05) is 44.2 Å². The summed E-state index contributed by atoms with van der Waals surface area (Å²) in [5.41, 5.74) is 3.78. The van der Waals surface area contributed by atoms with Crippen LogP contribution < -0.4 is 15.8 Å². The van der Waals surface area contributed by atoms with Crippen molar-refractivity contribution in [1.29, 1.82) is 0 Å². The number of anilines is 1. The second-order valence-corrected chi connectivity index (χ2v) is 6.73. The number of aryl methyl sites for hydroxylation is 2. The first-order valence-electron chi connectivity index (χ1n) is 9.00. The van der Waals surface area contributed by atoms with Crippen LogP contribution in [0.2, 0.25) is 0 Å². The smallest absolute Gasteiger partial charge is 0.253 e. The highest BCUT2D eigenvalue weighted by molar-refractivity contribution is 5.95. The van der Waals surface area contributed by atoms with E-state index in [9.17, 15) is 14.4 Å². The highest BCUT2D eigenvalue weighted by atomic mass is 16.2. The van der Waals surface area contributed by atoms with Gasteiger partial charge in [-0.1, -0.05) is 12.1 Å². The van der Waals surface area contributed by atoms with Gasteiger partial charge in [0.2, 0.25) is 11.8 Å². The van der Waals surface area contributed by atoms with Gasteiger partial charge in [0, 0.05) is 42.5 Å². The maximum atomic E-state index is 12.0. The summed E-state index contributed by atoms with van der Waals surface area (Å²) in [5.74, 6) is -0.118. The molecule has 2 aromatic rings. The lowest BCUT2D eigenvalue weighted by Crippen LogP contribution is -2.26. The molecule has 6 nitrogen and oxygen atoms in total. The fourth-order valence-electron chi connectivity index (χ4n) is 3.19. The molecular weight excluding hydrogens is 342 g/mol. The van der Waals surface area contributed by atoms with Crippen LogP contribution in [0.5, 0.6) is 0 Å². The van der Waals surface area contributed by atoms with Crippen molar-refractivity contribution in [3.8, 4) is 0 Å². The highest BCUT2D eigenvalue weighted by Crippen LogP contribution is 2.21. The van der Waals surface area contributed by atoms with Crippen LogP contribution in [0, 0.1) is 13.8 Å². The Hall–Kier alpha value is -3.15. The van der Waals surface area contributed by atoms with Gasteiger partial charge in [-0.15, -0.1) is 0 Å². The number of nitrogens with one attached hydrogen (secondary N) is 2. The Labute approximate surface area is 157 Å². The third-order valence-corrected chi connectivity index (χ3v) is 4.64. The number of hydrogen-bond donors (Lipinski definition) is 2. The minimum absolute atomic E-state index is 0.152. The first-order valence-corrected chi connectivity index (χ1v) is 9.00. The molecule has 0 radical (unpaired) electrons. The minimum Gasteiger partial charge on any atom is -0.348 e. The molecule has 0 bridgehead atoms. The average Bonchev–Trinajstić information content (AvgIpc) is 3.05. The molecule has 1 fully saturated rings. The fourth-order valence-corrected chi connectivity index (χ4v) is 3.19. The lowest BCUT2D eigenvalue weighted by molar-refractivity contribution is -0.117. The molecule has 0 saturated carbocycles. The van der Waals surface area contributed by atoms with Crippen LogP contribution in [0.3, 0.4) is 0 Å². The molecule has 1 aromatic carbocycles.